The van der Waals surface area contributed by atoms with Crippen molar-refractivity contribution in [2.24, 2.45) is 7.05 Å². The molecule has 0 bridgehead atoms. The van der Waals surface area contributed by atoms with Gasteiger partial charge < -0.3 is 9.64 Å². The number of amides is 1. The fourth-order valence-corrected chi connectivity index (χ4v) is 2.53. The van der Waals surface area contributed by atoms with Crippen LogP contribution in [-0.2, 0) is 13.6 Å². The van der Waals surface area contributed by atoms with Crippen molar-refractivity contribution < 1.29 is 9.53 Å². The van der Waals surface area contributed by atoms with E-state index in [9.17, 15) is 4.79 Å². The molecule has 2 aromatic heterocycles. The smallest absolute Gasteiger partial charge is 0.272 e. The van der Waals surface area contributed by atoms with Gasteiger partial charge in [0.1, 0.15) is 11.4 Å². The minimum absolute atomic E-state index is 0.0798. The number of rotatable bonds is 4. The summed E-state index contributed by atoms with van der Waals surface area (Å²) in [5.74, 6) is 0.742. The third-order valence-corrected chi connectivity index (χ3v) is 3.70. The molecule has 2 aromatic rings. The first-order valence-electron chi connectivity index (χ1n) is 7.10. The Morgan fingerprint density at radius 2 is 2.05 bits per heavy atom. The molecule has 0 N–H and O–H groups in total. The van der Waals surface area contributed by atoms with E-state index in [1.54, 1.807) is 43.1 Å². The van der Waals surface area contributed by atoms with E-state index in [0.717, 1.165) is 28.3 Å². The number of hydrogen-bond acceptors (Lipinski definition) is 4. The van der Waals surface area contributed by atoms with Crippen LogP contribution in [0.15, 0.2) is 12.3 Å². The third-order valence-electron chi connectivity index (χ3n) is 3.70. The van der Waals surface area contributed by atoms with E-state index < -0.39 is 0 Å². The molecule has 0 unspecified atom stereocenters. The average Bonchev–Trinajstić information content (AvgIpc) is 2.80. The molecule has 0 aliphatic heterocycles. The van der Waals surface area contributed by atoms with Gasteiger partial charge in [0.2, 0.25) is 0 Å². The molecule has 0 aliphatic carbocycles. The van der Waals surface area contributed by atoms with E-state index in [1.165, 1.54) is 0 Å². The van der Waals surface area contributed by atoms with Crippen LogP contribution in [-0.4, -0.2) is 39.7 Å². The Hall–Kier alpha value is -2.37. The molecule has 1 amide bonds. The molecule has 0 aromatic carbocycles. The van der Waals surface area contributed by atoms with Crippen LogP contribution in [0.5, 0.6) is 5.75 Å². The predicted octanol–water partition coefficient (Wildman–Crippen LogP) is 2.02. The van der Waals surface area contributed by atoms with Gasteiger partial charge in [-0.1, -0.05) is 0 Å². The number of carbonyl (C=O) groups excluding carboxylic acids is 1. The highest BCUT2D eigenvalue weighted by atomic mass is 16.5. The highest BCUT2D eigenvalue weighted by Crippen LogP contribution is 2.24. The van der Waals surface area contributed by atoms with Crippen molar-refractivity contribution in [3.05, 3.63) is 40.5 Å². The van der Waals surface area contributed by atoms with Gasteiger partial charge in [0.05, 0.1) is 25.0 Å². The zero-order valence-corrected chi connectivity index (χ0v) is 14.0. The second-order valence-electron chi connectivity index (χ2n) is 5.50. The largest absolute Gasteiger partial charge is 0.496 e. The molecular formula is C16H22N4O2. The summed E-state index contributed by atoms with van der Waals surface area (Å²) < 4.78 is 7.01. The summed E-state index contributed by atoms with van der Waals surface area (Å²) in [5, 5.41) is 4.21. The molecule has 0 spiro atoms. The first-order valence-corrected chi connectivity index (χ1v) is 7.10. The van der Waals surface area contributed by atoms with E-state index in [2.05, 4.69) is 10.1 Å². The van der Waals surface area contributed by atoms with Crippen LogP contribution < -0.4 is 4.74 Å². The molecule has 0 saturated carbocycles. The zero-order chi connectivity index (χ0) is 16.4. The molecule has 0 atom stereocenters. The van der Waals surface area contributed by atoms with E-state index in [1.807, 2.05) is 20.8 Å². The van der Waals surface area contributed by atoms with Gasteiger partial charge in [-0.2, -0.15) is 5.10 Å². The summed E-state index contributed by atoms with van der Waals surface area (Å²) >= 11 is 0. The Kier molecular flexibility index (Phi) is 4.49. The summed E-state index contributed by atoms with van der Waals surface area (Å²) in [4.78, 5) is 18.6. The van der Waals surface area contributed by atoms with E-state index in [4.69, 9.17) is 4.74 Å². The lowest BCUT2D eigenvalue weighted by atomic mass is 10.1. The molecule has 6 heteroatoms. The second kappa shape index (κ2) is 6.17. The van der Waals surface area contributed by atoms with Gasteiger partial charge in [0.25, 0.3) is 5.91 Å². The summed E-state index contributed by atoms with van der Waals surface area (Å²) in [6.45, 7) is 6.20. The van der Waals surface area contributed by atoms with Crippen LogP contribution >= 0.6 is 0 Å². The molecule has 2 heterocycles. The van der Waals surface area contributed by atoms with Crippen molar-refractivity contribution in [3.63, 3.8) is 0 Å². The van der Waals surface area contributed by atoms with Crippen LogP contribution in [0.1, 0.15) is 33.0 Å². The fourth-order valence-electron chi connectivity index (χ4n) is 2.53. The van der Waals surface area contributed by atoms with Crippen LogP contribution in [0.25, 0.3) is 0 Å². The van der Waals surface area contributed by atoms with Crippen LogP contribution in [0.4, 0.5) is 0 Å². The van der Waals surface area contributed by atoms with E-state index in [-0.39, 0.29) is 5.91 Å². The van der Waals surface area contributed by atoms with E-state index >= 15 is 0 Å². The average molecular weight is 302 g/mol. The van der Waals surface area contributed by atoms with Crippen molar-refractivity contribution in [2.75, 3.05) is 14.2 Å². The molecule has 0 radical (unpaired) electrons. The zero-order valence-electron chi connectivity index (χ0n) is 14.0. The Morgan fingerprint density at radius 3 is 2.59 bits per heavy atom. The third kappa shape index (κ3) is 2.95. The Bertz CT molecular complexity index is 706. The van der Waals surface area contributed by atoms with Crippen molar-refractivity contribution in [2.45, 2.75) is 27.3 Å². The summed E-state index contributed by atoms with van der Waals surface area (Å²) in [6, 6.07) is 1.79. The predicted molar refractivity (Wildman–Crippen MR) is 84.0 cm³/mol. The maximum Gasteiger partial charge on any atom is 0.272 e. The summed E-state index contributed by atoms with van der Waals surface area (Å²) in [7, 11) is 5.18. The molecule has 6 nitrogen and oxygen atoms in total. The summed E-state index contributed by atoms with van der Waals surface area (Å²) in [6.07, 6.45) is 1.77. The molecule has 0 saturated heterocycles. The number of ether oxygens (including phenoxy) is 1. The number of carbonyl (C=O) groups is 1. The molecular weight excluding hydrogens is 280 g/mol. The van der Waals surface area contributed by atoms with Crippen molar-refractivity contribution in [3.8, 4) is 5.75 Å². The van der Waals surface area contributed by atoms with Crippen LogP contribution in [0.2, 0.25) is 0 Å². The first-order chi connectivity index (χ1) is 10.3. The molecule has 0 aliphatic rings. The second-order valence-corrected chi connectivity index (χ2v) is 5.50. The Balaban J connectivity index is 2.24. The van der Waals surface area contributed by atoms with Gasteiger partial charge in [-0.05, 0) is 26.8 Å². The maximum atomic E-state index is 12.5. The number of hydrogen-bond donors (Lipinski definition) is 0. The topological polar surface area (TPSA) is 60.2 Å². The van der Waals surface area contributed by atoms with Gasteiger partial charge in [-0.25, -0.2) is 0 Å². The highest BCUT2D eigenvalue weighted by Gasteiger charge is 2.19. The van der Waals surface area contributed by atoms with Crippen molar-refractivity contribution in [1.29, 1.82) is 0 Å². The normalized spacial score (nSPS) is 10.6. The first kappa shape index (κ1) is 16.0. The number of pyridine rings is 1. The van der Waals surface area contributed by atoms with E-state index in [0.29, 0.717) is 12.2 Å². The lowest BCUT2D eigenvalue weighted by Gasteiger charge is -2.19. The van der Waals surface area contributed by atoms with Gasteiger partial charge in [0.15, 0.2) is 0 Å². The highest BCUT2D eigenvalue weighted by molar-refractivity contribution is 5.92. The summed E-state index contributed by atoms with van der Waals surface area (Å²) in [5.41, 5.74) is 4.17. The molecule has 0 fully saturated rings. The Labute approximate surface area is 130 Å². The number of aryl methyl sites for hydroxylation is 3. The lowest BCUT2D eigenvalue weighted by molar-refractivity contribution is 0.0772. The van der Waals surface area contributed by atoms with Gasteiger partial charge in [-0.3, -0.25) is 14.5 Å². The maximum absolute atomic E-state index is 12.5. The van der Waals surface area contributed by atoms with Gasteiger partial charge >= 0.3 is 0 Å². The van der Waals surface area contributed by atoms with Gasteiger partial charge in [0, 0.05) is 31.4 Å². The monoisotopic (exact) mass is 302 g/mol. The van der Waals surface area contributed by atoms with Gasteiger partial charge in [-0.15, -0.1) is 0 Å². The fraction of sp³-hybridized carbons (Fsp3) is 0.438. The van der Waals surface area contributed by atoms with Crippen LogP contribution in [0, 0.1) is 20.8 Å². The standard InChI is InChI=1S/C16H22N4O2/c1-10-8-17-13(12(3)15(10)22-6)9-19(4)16(21)14-7-11(2)18-20(14)5/h7-8H,9H2,1-6H3. The minimum Gasteiger partial charge on any atom is -0.496 e. The number of methoxy groups -OCH3 is 1. The number of nitrogens with zero attached hydrogens (tertiary/aromatic N) is 4. The van der Waals surface area contributed by atoms with Crippen LogP contribution in [0.3, 0.4) is 0 Å². The minimum atomic E-state index is -0.0798. The molecule has 2 rings (SSSR count). The number of aromatic nitrogens is 3. The SMILES string of the molecule is COc1c(C)cnc(CN(C)C(=O)c2cc(C)nn2C)c1C. The lowest BCUT2D eigenvalue weighted by Crippen LogP contribution is -2.28. The molecule has 22 heavy (non-hydrogen) atoms. The quantitative estimate of drug-likeness (QED) is 0.867. The van der Waals surface area contributed by atoms with Crippen molar-refractivity contribution >= 4 is 5.91 Å². The molecule has 118 valence electrons. The Morgan fingerprint density at radius 1 is 1.36 bits per heavy atom. The van der Waals surface area contributed by atoms with Crippen molar-refractivity contribution in [1.82, 2.24) is 19.7 Å².